The van der Waals surface area contributed by atoms with Gasteiger partial charge in [-0.1, -0.05) is 80.4 Å². The lowest BCUT2D eigenvalue weighted by Crippen LogP contribution is -2.44. The van der Waals surface area contributed by atoms with Crippen LogP contribution in [0.3, 0.4) is 0 Å². The molecule has 0 radical (unpaired) electrons. The van der Waals surface area contributed by atoms with Crippen molar-refractivity contribution in [3.8, 4) is 0 Å². The molecule has 0 aromatic heterocycles. The predicted molar refractivity (Wildman–Crippen MR) is 131 cm³/mol. The van der Waals surface area contributed by atoms with Gasteiger partial charge in [0.25, 0.3) is 5.91 Å². The first-order valence-corrected chi connectivity index (χ1v) is 11.9. The van der Waals surface area contributed by atoms with E-state index in [1.54, 1.807) is 0 Å². The minimum atomic E-state index is 0.0892. The Bertz CT molecular complexity index is 1160. The average molecular weight is 427 g/mol. The molecule has 2 fully saturated rings. The summed E-state index contributed by atoms with van der Waals surface area (Å²) in [7, 11) is 0. The maximum atomic E-state index is 13.6. The molecule has 1 aliphatic heterocycles. The van der Waals surface area contributed by atoms with Crippen LogP contribution in [0.5, 0.6) is 0 Å². The Morgan fingerprint density at radius 1 is 0.935 bits per heavy atom. The molecule has 3 nitrogen and oxygen atoms in total. The predicted octanol–water partition coefficient (Wildman–Crippen LogP) is 7.02. The van der Waals surface area contributed by atoms with Crippen LogP contribution in [0.4, 0.5) is 5.69 Å². The zero-order valence-electron chi connectivity index (χ0n) is 17.7. The summed E-state index contributed by atoms with van der Waals surface area (Å²) in [5.74, 6) is 0.572. The number of rotatable bonds is 3. The Morgan fingerprint density at radius 3 is 2.52 bits per heavy atom. The summed E-state index contributed by atoms with van der Waals surface area (Å²) in [6.07, 6.45) is 6.67. The minimum absolute atomic E-state index is 0.0892. The second-order valence-electron chi connectivity index (χ2n) is 8.41. The molecular weight excluding hydrogens is 400 g/mol. The van der Waals surface area contributed by atoms with Crippen molar-refractivity contribution < 1.29 is 4.79 Å². The molecular formula is C27H26N2OS. The largest absolute Gasteiger partial charge is 0.283 e. The number of hydrogen-bond donors (Lipinski definition) is 0. The van der Waals surface area contributed by atoms with Crippen LogP contribution in [-0.4, -0.2) is 22.0 Å². The van der Waals surface area contributed by atoms with Gasteiger partial charge in [-0.25, -0.2) is 4.99 Å². The molecule has 3 aromatic rings. The Kier molecular flexibility index (Phi) is 5.65. The number of thioether (sulfide) groups is 1. The maximum Gasteiger partial charge on any atom is 0.267 e. The Hall–Kier alpha value is -2.85. The van der Waals surface area contributed by atoms with Gasteiger partial charge in [0, 0.05) is 6.04 Å². The maximum absolute atomic E-state index is 13.6. The summed E-state index contributed by atoms with van der Waals surface area (Å²) in [5, 5.41) is 3.15. The van der Waals surface area contributed by atoms with Crippen molar-refractivity contribution in [3.63, 3.8) is 0 Å². The molecule has 0 spiro atoms. The second kappa shape index (κ2) is 8.72. The highest BCUT2D eigenvalue weighted by molar-refractivity contribution is 8.18. The normalized spacial score (nSPS) is 24.4. The van der Waals surface area contributed by atoms with Gasteiger partial charge in [0.1, 0.15) is 0 Å². The van der Waals surface area contributed by atoms with Gasteiger partial charge in [-0.05, 0) is 65.1 Å². The van der Waals surface area contributed by atoms with E-state index in [0.29, 0.717) is 5.92 Å². The second-order valence-corrected chi connectivity index (χ2v) is 9.42. The highest BCUT2D eigenvalue weighted by Gasteiger charge is 2.41. The fourth-order valence-corrected chi connectivity index (χ4v) is 5.70. The number of carbonyl (C=O) groups excluding carboxylic acids is 1. The van der Waals surface area contributed by atoms with Crippen LogP contribution in [0.2, 0.25) is 0 Å². The molecule has 3 aromatic carbocycles. The lowest BCUT2D eigenvalue weighted by molar-refractivity contribution is -0.124. The van der Waals surface area contributed by atoms with E-state index < -0.39 is 0 Å². The molecule has 0 unspecified atom stereocenters. The van der Waals surface area contributed by atoms with Crippen LogP contribution in [0.15, 0.2) is 82.7 Å². The van der Waals surface area contributed by atoms with E-state index >= 15 is 0 Å². The van der Waals surface area contributed by atoms with Gasteiger partial charge in [0.15, 0.2) is 5.17 Å². The number of amidine groups is 1. The fraction of sp³-hybridized carbons (Fsp3) is 0.259. The van der Waals surface area contributed by atoms with Gasteiger partial charge in [-0.3, -0.25) is 9.69 Å². The van der Waals surface area contributed by atoms with Crippen molar-refractivity contribution in [2.75, 3.05) is 0 Å². The van der Waals surface area contributed by atoms with Crippen molar-refractivity contribution in [1.29, 1.82) is 0 Å². The van der Waals surface area contributed by atoms with Crippen LogP contribution < -0.4 is 0 Å². The lowest BCUT2D eigenvalue weighted by atomic mass is 9.85. The number of hydrogen-bond acceptors (Lipinski definition) is 3. The molecule has 1 saturated carbocycles. The van der Waals surface area contributed by atoms with E-state index in [0.717, 1.165) is 33.1 Å². The zero-order valence-corrected chi connectivity index (χ0v) is 18.5. The number of benzene rings is 3. The van der Waals surface area contributed by atoms with E-state index in [-0.39, 0.29) is 11.9 Å². The molecule has 4 heteroatoms. The molecule has 31 heavy (non-hydrogen) atoms. The van der Waals surface area contributed by atoms with Crippen LogP contribution >= 0.6 is 11.8 Å². The van der Waals surface area contributed by atoms with E-state index in [9.17, 15) is 4.79 Å². The van der Waals surface area contributed by atoms with E-state index in [1.807, 2.05) is 53.4 Å². The van der Waals surface area contributed by atoms with E-state index in [4.69, 9.17) is 4.99 Å². The van der Waals surface area contributed by atoms with E-state index in [1.165, 1.54) is 36.4 Å². The van der Waals surface area contributed by atoms with Crippen LogP contribution in [0.1, 0.15) is 38.2 Å². The third kappa shape index (κ3) is 4.05. The van der Waals surface area contributed by atoms with Crippen LogP contribution in [0, 0.1) is 5.92 Å². The summed E-state index contributed by atoms with van der Waals surface area (Å²) in [6.45, 7) is 2.27. The monoisotopic (exact) mass is 426 g/mol. The Balaban J connectivity index is 1.57. The van der Waals surface area contributed by atoms with Gasteiger partial charge in [0.05, 0.1) is 10.6 Å². The first-order chi connectivity index (χ1) is 15.2. The smallest absolute Gasteiger partial charge is 0.267 e. The Morgan fingerprint density at radius 2 is 1.68 bits per heavy atom. The summed E-state index contributed by atoms with van der Waals surface area (Å²) >= 11 is 1.51. The molecule has 2 aliphatic rings. The molecule has 1 aliphatic carbocycles. The summed E-state index contributed by atoms with van der Waals surface area (Å²) in [5.41, 5.74) is 1.96. The summed E-state index contributed by atoms with van der Waals surface area (Å²) < 4.78 is 0. The number of fused-ring (bicyclic) bond motifs is 1. The third-order valence-electron chi connectivity index (χ3n) is 6.33. The van der Waals surface area contributed by atoms with Gasteiger partial charge in [-0.2, -0.15) is 0 Å². The molecule has 2 atom stereocenters. The van der Waals surface area contributed by atoms with Crippen molar-refractivity contribution in [2.24, 2.45) is 10.9 Å². The third-order valence-corrected chi connectivity index (χ3v) is 7.31. The van der Waals surface area contributed by atoms with Crippen molar-refractivity contribution in [3.05, 3.63) is 83.3 Å². The molecule has 0 bridgehead atoms. The molecule has 5 rings (SSSR count). The average Bonchev–Trinajstić information content (AvgIpc) is 3.09. The molecule has 1 saturated heterocycles. The van der Waals surface area contributed by atoms with Gasteiger partial charge < -0.3 is 0 Å². The van der Waals surface area contributed by atoms with Crippen LogP contribution in [0.25, 0.3) is 16.8 Å². The zero-order chi connectivity index (χ0) is 21.2. The van der Waals surface area contributed by atoms with E-state index in [2.05, 4.69) is 37.3 Å². The number of amides is 1. The van der Waals surface area contributed by atoms with Gasteiger partial charge in [0.2, 0.25) is 0 Å². The molecule has 0 N–H and O–H groups in total. The van der Waals surface area contributed by atoms with Crippen LogP contribution in [-0.2, 0) is 4.79 Å². The Labute approximate surface area is 187 Å². The fourth-order valence-electron chi connectivity index (χ4n) is 4.67. The number of nitrogens with zero attached hydrogens (tertiary/aromatic N) is 2. The van der Waals surface area contributed by atoms with Crippen molar-refractivity contribution >= 4 is 45.4 Å². The van der Waals surface area contributed by atoms with Gasteiger partial charge >= 0.3 is 0 Å². The summed E-state index contributed by atoms with van der Waals surface area (Å²) in [4.78, 5) is 21.3. The van der Waals surface area contributed by atoms with Crippen molar-refractivity contribution in [1.82, 2.24) is 4.90 Å². The van der Waals surface area contributed by atoms with Crippen molar-refractivity contribution in [2.45, 2.75) is 38.6 Å². The first-order valence-electron chi connectivity index (χ1n) is 11.1. The first kappa shape index (κ1) is 20.1. The topological polar surface area (TPSA) is 32.7 Å². The molecule has 156 valence electrons. The quantitative estimate of drug-likeness (QED) is 0.421. The lowest BCUT2D eigenvalue weighted by Gasteiger charge is -2.35. The minimum Gasteiger partial charge on any atom is -0.283 e. The number of aliphatic imine (C=N–C) groups is 1. The highest BCUT2D eigenvalue weighted by Crippen LogP contribution is 2.40. The van der Waals surface area contributed by atoms with Gasteiger partial charge in [-0.15, -0.1) is 0 Å². The SMILES string of the molecule is C[C@H]1CCCC[C@H]1N1C(=O)/C(=C/c2cccc3ccccc23)SC1=Nc1ccccc1. The standard InChI is InChI=1S/C27H26N2OS/c1-19-10-5-8-17-24(19)29-26(30)25(31-27(29)28-22-14-3-2-4-15-22)18-21-13-9-12-20-11-6-7-16-23(20)21/h2-4,6-7,9,11-16,18-19,24H,5,8,10,17H2,1H3/b25-18-,28-27?/t19-,24+/m0/s1. The number of carbonyl (C=O) groups is 1. The molecule has 1 amide bonds. The summed E-state index contributed by atoms with van der Waals surface area (Å²) in [6, 6.07) is 24.7. The molecule has 1 heterocycles. The highest BCUT2D eigenvalue weighted by atomic mass is 32.2. The number of para-hydroxylation sites is 1.